The number of anilines is 2. The molecule has 1 fully saturated rings. The summed E-state index contributed by atoms with van der Waals surface area (Å²) in [6.07, 6.45) is 0.983. The number of hydrogen-bond donors (Lipinski definition) is 2. The SMILES string of the molecule is Cc1nc(-c2ccc(-c3ccc(C(=O)Nc4cc5c(c(N6CCNCC6)c4)OC(C)C5)cc3)c(C)c2)no1. The first-order valence-electron chi connectivity index (χ1n) is 13.1. The van der Waals surface area contributed by atoms with Gasteiger partial charge >= 0.3 is 0 Å². The molecule has 1 atom stereocenters. The van der Waals surface area contributed by atoms with Gasteiger partial charge in [-0.25, -0.2) is 0 Å². The number of nitrogens with zero attached hydrogens (tertiary/aromatic N) is 3. The Balaban J connectivity index is 1.21. The minimum Gasteiger partial charge on any atom is -0.488 e. The summed E-state index contributed by atoms with van der Waals surface area (Å²) in [4.78, 5) is 19.8. The average Bonchev–Trinajstić information content (AvgIpc) is 3.53. The first-order chi connectivity index (χ1) is 18.4. The van der Waals surface area contributed by atoms with Gasteiger partial charge in [0.15, 0.2) is 0 Å². The van der Waals surface area contributed by atoms with Crippen LogP contribution >= 0.6 is 0 Å². The van der Waals surface area contributed by atoms with E-state index in [1.54, 1.807) is 6.92 Å². The van der Waals surface area contributed by atoms with Crippen LogP contribution in [0.2, 0.25) is 0 Å². The summed E-state index contributed by atoms with van der Waals surface area (Å²) in [5.41, 5.74) is 7.76. The Labute approximate surface area is 222 Å². The second-order valence-electron chi connectivity index (χ2n) is 10.1. The molecule has 38 heavy (non-hydrogen) atoms. The van der Waals surface area contributed by atoms with Crippen molar-refractivity contribution >= 4 is 17.3 Å². The van der Waals surface area contributed by atoms with Gasteiger partial charge in [0.25, 0.3) is 5.91 Å². The number of piperazine rings is 1. The Morgan fingerprint density at radius 3 is 2.50 bits per heavy atom. The molecule has 3 aromatic carbocycles. The number of ether oxygens (including phenoxy) is 1. The molecular weight excluding hydrogens is 478 g/mol. The molecule has 3 heterocycles. The zero-order valence-corrected chi connectivity index (χ0v) is 21.9. The van der Waals surface area contributed by atoms with Crippen molar-refractivity contribution in [2.75, 3.05) is 36.4 Å². The van der Waals surface area contributed by atoms with Crippen LogP contribution in [-0.4, -0.2) is 48.3 Å². The predicted molar refractivity (Wildman–Crippen MR) is 148 cm³/mol. The van der Waals surface area contributed by atoms with Crippen molar-refractivity contribution in [2.45, 2.75) is 33.3 Å². The fraction of sp³-hybridized carbons (Fsp3) is 0.300. The molecule has 194 valence electrons. The number of rotatable bonds is 5. The van der Waals surface area contributed by atoms with Gasteiger partial charge in [0.2, 0.25) is 11.7 Å². The highest BCUT2D eigenvalue weighted by atomic mass is 16.5. The minimum atomic E-state index is -0.130. The molecule has 1 unspecified atom stereocenters. The maximum absolute atomic E-state index is 13.2. The van der Waals surface area contributed by atoms with Gasteiger partial charge in [0.1, 0.15) is 11.9 Å². The van der Waals surface area contributed by atoms with Crippen molar-refractivity contribution in [2.24, 2.45) is 0 Å². The summed E-state index contributed by atoms with van der Waals surface area (Å²) in [6.45, 7) is 9.62. The van der Waals surface area contributed by atoms with Gasteiger partial charge < -0.3 is 24.8 Å². The fourth-order valence-corrected chi connectivity index (χ4v) is 5.27. The summed E-state index contributed by atoms with van der Waals surface area (Å²) < 4.78 is 11.3. The summed E-state index contributed by atoms with van der Waals surface area (Å²) >= 11 is 0. The van der Waals surface area contributed by atoms with Crippen LogP contribution in [0.1, 0.15) is 34.3 Å². The van der Waals surface area contributed by atoms with Crippen LogP contribution in [0.5, 0.6) is 5.75 Å². The van der Waals surface area contributed by atoms with Gasteiger partial charge in [-0.3, -0.25) is 4.79 Å². The highest BCUT2D eigenvalue weighted by Gasteiger charge is 2.27. The number of aryl methyl sites for hydroxylation is 2. The lowest BCUT2D eigenvalue weighted by molar-refractivity contribution is 0.102. The van der Waals surface area contributed by atoms with Crippen LogP contribution in [0.3, 0.4) is 0 Å². The van der Waals surface area contributed by atoms with Gasteiger partial charge in [0.05, 0.1) is 5.69 Å². The van der Waals surface area contributed by atoms with Crippen molar-refractivity contribution in [1.82, 2.24) is 15.5 Å². The molecule has 1 saturated heterocycles. The van der Waals surface area contributed by atoms with Crippen molar-refractivity contribution < 1.29 is 14.1 Å². The minimum absolute atomic E-state index is 0.130. The van der Waals surface area contributed by atoms with Crippen molar-refractivity contribution in [3.63, 3.8) is 0 Å². The molecule has 0 radical (unpaired) electrons. The molecule has 2 N–H and O–H groups in total. The maximum Gasteiger partial charge on any atom is 0.255 e. The second-order valence-corrected chi connectivity index (χ2v) is 10.1. The molecule has 0 spiro atoms. The fourth-order valence-electron chi connectivity index (χ4n) is 5.27. The third kappa shape index (κ3) is 4.75. The Bertz CT molecular complexity index is 1490. The molecule has 1 aromatic heterocycles. The van der Waals surface area contributed by atoms with Crippen LogP contribution in [0.4, 0.5) is 11.4 Å². The quantitative estimate of drug-likeness (QED) is 0.391. The first-order valence-corrected chi connectivity index (χ1v) is 13.1. The van der Waals surface area contributed by atoms with Crippen LogP contribution in [-0.2, 0) is 6.42 Å². The number of aromatic nitrogens is 2. The highest BCUT2D eigenvalue weighted by molar-refractivity contribution is 6.05. The van der Waals surface area contributed by atoms with E-state index in [-0.39, 0.29) is 12.0 Å². The van der Waals surface area contributed by atoms with Crippen LogP contribution in [0, 0.1) is 13.8 Å². The molecule has 0 saturated carbocycles. The normalized spacial score (nSPS) is 16.7. The molecule has 2 aliphatic rings. The lowest BCUT2D eigenvalue weighted by Crippen LogP contribution is -2.43. The zero-order valence-electron chi connectivity index (χ0n) is 21.9. The number of carbonyl (C=O) groups excluding carboxylic acids is 1. The first kappa shape index (κ1) is 24.2. The Kier molecular flexibility index (Phi) is 6.33. The second kappa shape index (κ2) is 9.95. The standard InChI is InChI=1S/C30H31N5O3/c1-18-14-23(29-32-20(3)38-34-29)8-9-26(18)21-4-6-22(7-5-21)30(36)33-25-16-24-15-19(2)37-28(24)27(17-25)35-12-10-31-11-13-35/h4-9,14,16-17,19,31H,10-13,15H2,1-3H3,(H,33,36). The molecule has 0 bridgehead atoms. The number of hydrogen-bond acceptors (Lipinski definition) is 7. The third-order valence-corrected chi connectivity index (χ3v) is 7.16. The smallest absolute Gasteiger partial charge is 0.255 e. The van der Waals surface area contributed by atoms with Crippen molar-refractivity contribution in [3.05, 3.63) is 77.2 Å². The zero-order chi connectivity index (χ0) is 26.2. The predicted octanol–water partition coefficient (Wildman–Crippen LogP) is 5.01. The molecular formula is C30H31N5O3. The molecule has 0 aliphatic carbocycles. The number of benzene rings is 3. The molecule has 8 heteroatoms. The molecule has 2 aliphatic heterocycles. The molecule has 1 amide bonds. The van der Waals surface area contributed by atoms with Gasteiger partial charge in [-0.15, -0.1) is 0 Å². The van der Waals surface area contributed by atoms with Gasteiger partial charge in [0, 0.05) is 61.9 Å². The summed E-state index contributed by atoms with van der Waals surface area (Å²) in [5.74, 6) is 1.95. The third-order valence-electron chi connectivity index (χ3n) is 7.16. The largest absolute Gasteiger partial charge is 0.488 e. The van der Waals surface area contributed by atoms with E-state index in [1.165, 1.54) is 0 Å². The Morgan fingerprint density at radius 2 is 1.79 bits per heavy atom. The number of amides is 1. The molecule has 8 nitrogen and oxygen atoms in total. The van der Waals surface area contributed by atoms with Gasteiger partial charge in [-0.2, -0.15) is 4.98 Å². The maximum atomic E-state index is 13.2. The van der Waals surface area contributed by atoms with E-state index in [0.29, 0.717) is 17.3 Å². The van der Waals surface area contributed by atoms with Crippen LogP contribution in [0.25, 0.3) is 22.5 Å². The lowest BCUT2D eigenvalue weighted by atomic mass is 9.97. The van der Waals surface area contributed by atoms with Gasteiger partial charge in [-0.05, 0) is 60.9 Å². The summed E-state index contributed by atoms with van der Waals surface area (Å²) in [7, 11) is 0. The number of carbonyl (C=O) groups is 1. The lowest BCUT2D eigenvalue weighted by Gasteiger charge is -2.31. The van der Waals surface area contributed by atoms with Gasteiger partial charge in [-0.1, -0.05) is 29.4 Å². The summed E-state index contributed by atoms with van der Waals surface area (Å²) in [6, 6.07) is 17.9. The number of fused-ring (bicyclic) bond motifs is 1. The van der Waals surface area contributed by atoms with E-state index >= 15 is 0 Å². The van der Waals surface area contributed by atoms with Crippen LogP contribution < -0.4 is 20.3 Å². The van der Waals surface area contributed by atoms with E-state index < -0.39 is 0 Å². The molecule has 6 rings (SSSR count). The van der Waals surface area contributed by atoms with E-state index in [4.69, 9.17) is 9.26 Å². The van der Waals surface area contributed by atoms with E-state index in [9.17, 15) is 4.79 Å². The Morgan fingerprint density at radius 1 is 1.03 bits per heavy atom. The Hall–Kier alpha value is -4.17. The van der Waals surface area contributed by atoms with Crippen molar-refractivity contribution in [3.8, 4) is 28.3 Å². The highest BCUT2D eigenvalue weighted by Crippen LogP contribution is 2.41. The number of nitrogens with one attached hydrogen (secondary N) is 2. The average molecular weight is 510 g/mol. The van der Waals surface area contributed by atoms with Crippen LogP contribution in [0.15, 0.2) is 59.1 Å². The van der Waals surface area contributed by atoms with Crippen molar-refractivity contribution in [1.29, 1.82) is 0 Å². The topological polar surface area (TPSA) is 92.5 Å². The monoisotopic (exact) mass is 509 g/mol. The molecule has 4 aromatic rings. The van der Waals surface area contributed by atoms with E-state index in [2.05, 4.69) is 51.7 Å². The summed E-state index contributed by atoms with van der Waals surface area (Å²) in [5, 5.41) is 10.5. The van der Waals surface area contributed by atoms with E-state index in [1.807, 2.05) is 42.5 Å². The van der Waals surface area contributed by atoms with E-state index in [0.717, 1.165) is 77.5 Å².